The Balaban J connectivity index is 2.08. The van der Waals surface area contributed by atoms with Crippen LogP contribution in [0.5, 0.6) is 0 Å². The summed E-state index contributed by atoms with van der Waals surface area (Å²) in [7, 11) is 0. The topological polar surface area (TPSA) is 107 Å². The number of hydrogen-bond acceptors (Lipinski definition) is 6. The highest BCUT2D eigenvalue weighted by atomic mass is 16.1. The largest absolute Gasteiger partial charge is 0.326 e. The first kappa shape index (κ1) is 11.1. The van der Waals surface area contributed by atoms with E-state index in [9.17, 15) is 4.79 Å². The van der Waals surface area contributed by atoms with Gasteiger partial charge in [0.1, 0.15) is 0 Å². The van der Waals surface area contributed by atoms with Crippen molar-refractivity contribution in [2.45, 2.75) is 6.54 Å². The molecule has 7 heteroatoms. The van der Waals surface area contributed by atoms with Gasteiger partial charge < -0.3 is 11.1 Å². The fourth-order valence-corrected chi connectivity index (χ4v) is 1.22. The summed E-state index contributed by atoms with van der Waals surface area (Å²) in [6.07, 6.45) is 1.25. The molecule has 0 saturated carbocycles. The molecule has 0 atom stereocenters. The van der Waals surface area contributed by atoms with E-state index in [4.69, 9.17) is 5.73 Å². The molecule has 2 rings (SSSR count). The van der Waals surface area contributed by atoms with Gasteiger partial charge in [0.05, 0.1) is 6.20 Å². The molecule has 7 nitrogen and oxygen atoms in total. The molecule has 1 amide bonds. The van der Waals surface area contributed by atoms with Crippen LogP contribution < -0.4 is 11.1 Å². The molecule has 0 aliphatic rings. The van der Waals surface area contributed by atoms with Crippen LogP contribution in [0, 0.1) is 0 Å². The monoisotopic (exact) mass is 230 g/mol. The van der Waals surface area contributed by atoms with Crippen molar-refractivity contribution in [3.63, 3.8) is 0 Å². The lowest BCUT2D eigenvalue weighted by Gasteiger charge is -2.04. The predicted octanol–water partition coefficient (Wildman–Crippen LogP) is -0.0224. The fourth-order valence-electron chi connectivity index (χ4n) is 1.22. The van der Waals surface area contributed by atoms with E-state index in [1.54, 1.807) is 12.1 Å². The first-order chi connectivity index (χ1) is 8.29. The summed E-state index contributed by atoms with van der Waals surface area (Å²) < 4.78 is 0. The molecule has 1 aromatic carbocycles. The quantitative estimate of drug-likeness (QED) is 0.767. The highest BCUT2D eigenvalue weighted by Crippen LogP contribution is 2.09. The van der Waals surface area contributed by atoms with Crippen molar-refractivity contribution in [1.29, 1.82) is 0 Å². The minimum atomic E-state index is -0.382. The van der Waals surface area contributed by atoms with Gasteiger partial charge in [-0.05, 0) is 28.1 Å². The summed E-state index contributed by atoms with van der Waals surface area (Å²) in [4.78, 5) is 11.7. The van der Waals surface area contributed by atoms with Gasteiger partial charge in [-0.1, -0.05) is 12.1 Å². The number of nitrogens with two attached hydrogens (primary N) is 1. The molecular formula is C10H10N6O. The third-order valence-electron chi connectivity index (χ3n) is 2.10. The van der Waals surface area contributed by atoms with Gasteiger partial charge in [0.25, 0.3) is 5.91 Å². The maximum absolute atomic E-state index is 11.7. The van der Waals surface area contributed by atoms with Crippen molar-refractivity contribution in [3.05, 3.63) is 41.7 Å². The number of amides is 1. The van der Waals surface area contributed by atoms with Gasteiger partial charge in [0.15, 0.2) is 5.69 Å². The molecular weight excluding hydrogens is 220 g/mol. The number of rotatable bonds is 3. The van der Waals surface area contributed by atoms with Crippen molar-refractivity contribution in [2.75, 3.05) is 5.32 Å². The zero-order chi connectivity index (χ0) is 12.1. The minimum Gasteiger partial charge on any atom is -0.326 e. The molecule has 0 unspecified atom stereocenters. The Bertz CT molecular complexity index is 498. The highest BCUT2D eigenvalue weighted by Gasteiger charge is 2.08. The fraction of sp³-hybridized carbons (Fsp3) is 0.100. The second-order valence-corrected chi connectivity index (χ2v) is 3.26. The van der Waals surface area contributed by atoms with E-state index in [-0.39, 0.29) is 11.6 Å². The molecule has 2 aromatic rings. The van der Waals surface area contributed by atoms with Gasteiger partial charge >= 0.3 is 0 Å². The molecule has 0 bridgehead atoms. The smallest absolute Gasteiger partial charge is 0.277 e. The molecule has 0 aliphatic carbocycles. The molecule has 0 fully saturated rings. The van der Waals surface area contributed by atoms with Crippen LogP contribution in [0.25, 0.3) is 0 Å². The van der Waals surface area contributed by atoms with Crippen LogP contribution in [-0.4, -0.2) is 26.5 Å². The summed E-state index contributed by atoms with van der Waals surface area (Å²) in [6.45, 7) is 0.466. The van der Waals surface area contributed by atoms with Gasteiger partial charge in [-0.15, -0.1) is 10.2 Å². The van der Waals surface area contributed by atoms with E-state index in [2.05, 4.69) is 25.9 Å². The van der Waals surface area contributed by atoms with E-state index in [1.807, 2.05) is 12.1 Å². The normalized spacial score (nSPS) is 9.94. The second kappa shape index (κ2) is 5.08. The summed E-state index contributed by atoms with van der Waals surface area (Å²) in [5, 5.41) is 16.2. The Morgan fingerprint density at radius 1 is 1.24 bits per heavy atom. The molecule has 1 aromatic heterocycles. The van der Waals surface area contributed by atoms with Crippen LogP contribution in [0.2, 0.25) is 0 Å². The van der Waals surface area contributed by atoms with Gasteiger partial charge in [-0.3, -0.25) is 4.79 Å². The standard InChI is InChI=1S/C10H10N6O/c11-5-7-1-3-8(4-2-7)13-10(17)9-6-12-15-16-14-9/h1-4,6H,5,11H2,(H,13,17). The van der Waals surface area contributed by atoms with Crippen molar-refractivity contribution >= 4 is 11.6 Å². The van der Waals surface area contributed by atoms with Crippen LogP contribution >= 0.6 is 0 Å². The lowest BCUT2D eigenvalue weighted by Crippen LogP contribution is -2.15. The van der Waals surface area contributed by atoms with Crippen LogP contribution in [-0.2, 0) is 6.54 Å². The van der Waals surface area contributed by atoms with Gasteiger partial charge in [0.2, 0.25) is 0 Å². The number of nitrogens with zero attached hydrogens (tertiary/aromatic N) is 4. The van der Waals surface area contributed by atoms with Gasteiger partial charge in [-0.2, -0.15) is 0 Å². The molecule has 17 heavy (non-hydrogen) atoms. The zero-order valence-electron chi connectivity index (χ0n) is 8.87. The number of hydrogen-bond donors (Lipinski definition) is 2. The van der Waals surface area contributed by atoms with Gasteiger partial charge in [-0.25, -0.2) is 0 Å². The minimum absolute atomic E-state index is 0.114. The SMILES string of the molecule is NCc1ccc(NC(=O)c2cnnnn2)cc1. The summed E-state index contributed by atoms with van der Waals surface area (Å²) >= 11 is 0. The Labute approximate surface area is 97.1 Å². The van der Waals surface area contributed by atoms with Gasteiger partial charge in [0, 0.05) is 12.2 Å². The first-order valence-electron chi connectivity index (χ1n) is 4.91. The third kappa shape index (κ3) is 2.79. The molecule has 0 aliphatic heterocycles. The Kier molecular flexibility index (Phi) is 3.31. The molecule has 0 spiro atoms. The van der Waals surface area contributed by atoms with Crippen LogP contribution in [0.15, 0.2) is 30.5 Å². The predicted molar refractivity (Wildman–Crippen MR) is 59.9 cm³/mol. The summed E-state index contributed by atoms with van der Waals surface area (Å²) in [5.74, 6) is -0.382. The van der Waals surface area contributed by atoms with Crippen molar-refractivity contribution in [3.8, 4) is 0 Å². The number of anilines is 1. The molecule has 0 radical (unpaired) electrons. The van der Waals surface area contributed by atoms with Crippen LogP contribution in [0.4, 0.5) is 5.69 Å². The molecule has 3 N–H and O–H groups in total. The molecule has 86 valence electrons. The van der Waals surface area contributed by atoms with E-state index < -0.39 is 0 Å². The van der Waals surface area contributed by atoms with Crippen LogP contribution in [0.3, 0.4) is 0 Å². The summed E-state index contributed by atoms with van der Waals surface area (Å²) in [6, 6.07) is 7.21. The van der Waals surface area contributed by atoms with Crippen molar-refractivity contribution < 1.29 is 4.79 Å². The Hall–Kier alpha value is -2.41. The molecule has 1 heterocycles. The van der Waals surface area contributed by atoms with E-state index >= 15 is 0 Å². The first-order valence-corrected chi connectivity index (χ1v) is 4.91. The average molecular weight is 230 g/mol. The van der Waals surface area contributed by atoms with Crippen LogP contribution in [0.1, 0.15) is 16.1 Å². The number of carbonyl (C=O) groups is 1. The second-order valence-electron chi connectivity index (χ2n) is 3.26. The number of carbonyl (C=O) groups excluding carboxylic acids is 1. The number of aromatic nitrogens is 4. The van der Waals surface area contributed by atoms with E-state index in [1.165, 1.54) is 6.20 Å². The number of benzene rings is 1. The average Bonchev–Trinajstić information content (AvgIpc) is 2.40. The third-order valence-corrected chi connectivity index (χ3v) is 2.10. The van der Waals surface area contributed by atoms with Crippen molar-refractivity contribution in [2.24, 2.45) is 5.73 Å². The highest BCUT2D eigenvalue weighted by molar-refractivity contribution is 6.02. The van der Waals surface area contributed by atoms with E-state index in [0.717, 1.165) is 5.56 Å². The lowest BCUT2D eigenvalue weighted by atomic mass is 10.2. The Morgan fingerprint density at radius 3 is 2.59 bits per heavy atom. The number of nitrogens with one attached hydrogen (secondary N) is 1. The lowest BCUT2D eigenvalue weighted by molar-refractivity contribution is 0.102. The maximum Gasteiger partial charge on any atom is 0.277 e. The van der Waals surface area contributed by atoms with E-state index in [0.29, 0.717) is 12.2 Å². The maximum atomic E-state index is 11.7. The Morgan fingerprint density at radius 2 is 2.00 bits per heavy atom. The van der Waals surface area contributed by atoms with Crippen molar-refractivity contribution in [1.82, 2.24) is 20.6 Å². The molecule has 0 saturated heterocycles. The zero-order valence-corrected chi connectivity index (χ0v) is 8.87. The summed E-state index contributed by atoms with van der Waals surface area (Å²) in [5.41, 5.74) is 7.24.